The van der Waals surface area contributed by atoms with E-state index in [1.165, 1.54) is 0 Å². The lowest BCUT2D eigenvalue weighted by molar-refractivity contribution is -0.141. The molecule has 1 aromatic carbocycles. The fraction of sp³-hybridized carbons (Fsp3) is 0.385. The molecule has 6 nitrogen and oxygen atoms in total. The van der Waals surface area contributed by atoms with Crippen LogP contribution < -0.4 is 5.32 Å². The number of likely N-dealkylation sites (tertiary alicyclic amines) is 1. The molecule has 1 fully saturated rings. The highest BCUT2D eigenvalue weighted by atomic mass is 35.5. The molecule has 2 rings (SSSR count). The van der Waals surface area contributed by atoms with E-state index in [2.05, 4.69) is 5.32 Å². The summed E-state index contributed by atoms with van der Waals surface area (Å²) in [6.07, 6.45) is -5.83. The topological polar surface area (TPSA) is 89.9 Å². The highest BCUT2D eigenvalue weighted by molar-refractivity contribution is 6.31. The first kappa shape index (κ1) is 17.4. The van der Waals surface area contributed by atoms with Crippen molar-refractivity contribution in [2.75, 3.05) is 11.9 Å². The highest BCUT2D eigenvalue weighted by Gasteiger charge is 2.39. The van der Waals surface area contributed by atoms with E-state index in [1.54, 1.807) is 0 Å². The number of anilines is 1. The number of carboxylic acids is 1. The van der Waals surface area contributed by atoms with E-state index in [9.17, 15) is 27.9 Å². The van der Waals surface area contributed by atoms with Gasteiger partial charge in [0.05, 0.1) is 16.7 Å². The second-order valence-corrected chi connectivity index (χ2v) is 5.43. The molecule has 0 aromatic heterocycles. The summed E-state index contributed by atoms with van der Waals surface area (Å²) in [5.74, 6) is -1.30. The largest absolute Gasteiger partial charge is 0.480 e. The molecular formula is C13H12ClF3N2O4. The number of aliphatic carboxylic acids is 1. The van der Waals surface area contributed by atoms with Crippen LogP contribution in [0.2, 0.25) is 5.02 Å². The van der Waals surface area contributed by atoms with Crippen LogP contribution in [0.15, 0.2) is 18.2 Å². The lowest BCUT2D eigenvalue weighted by atomic mass is 10.2. The zero-order chi connectivity index (χ0) is 17.4. The van der Waals surface area contributed by atoms with E-state index in [-0.39, 0.29) is 18.7 Å². The van der Waals surface area contributed by atoms with Gasteiger partial charge in [-0.15, -0.1) is 0 Å². The van der Waals surface area contributed by atoms with E-state index >= 15 is 0 Å². The number of carbonyl (C=O) groups is 2. The standard InChI is InChI=1S/C13H12ClF3N2O4/c14-9-2-1-6(3-8(9)13(15,16)17)18-12(23)19-5-7(20)4-10(19)11(21)22/h1-3,7,10,20H,4-5H2,(H,18,23)(H,21,22). The van der Waals surface area contributed by atoms with Crippen molar-refractivity contribution < 1.29 is 33.0 Å². The Morgan fingerprint density at radius 2 is 2.00 bits per heavy atom. The third-order valence-electron chi connectivity index (χ3n) is 3.35. The maximum absolute atomic E-state index is 12.8. The fourth-order valence-electron chi connectivity index (χ4n) is 2.29. The van der Waals surface area contributed by atoms with Crippen molar-refractivity contribution in [2.45, 2.75) is 24.7 Å². The van der Waals surface area contributed by atoms with Crippen LogP contribution in [0.5, 0.6) is 0 Å². The monoisotopic (exact) mass is 352 g/mol. The van der Waals surface area contributed by atoms with Gasteiger partial charge < -0.3 is 20.4 Å². The molecule has 2 unspecified atom stereocenters. The van der Waals surface area contributed by atoms with Crippen molar-refractivity contribution >= 4 is 29.3 Å². The molecule has 0 radical (unpaired) electrons. The summed E-state index contributed by atoms with van der Waals surface area (Å²) in [7, 11) is 0. The number of amides is 2. The van der Waals surface area contributed by atoms with Gasteiger partial charge in [0.15, 0.2) is 0 Å². The van der Waals surface area contributed by atoms with Crippen molar-refractivity contribution in [1.82, 2.24) is 4.90 Å². The van der Waals surface area contributed by atoms with Crippen LogP contribution in [0, 0.1) is 0 Å². The number of carboxylic acid groups (broad SMARTS) is 1. The minimum absolute atomic E-state index is 0.142. The number of nitrogens with zero attached hydrogens (tertiary/aromatic N) is 1. The smallest absolute Gasteiger partial charge is 0.417 e. The minimum atomic E-state index is -4.69. The van der Waals surface area contributed by atoms with Crippen molar-refractivity contribution in [3.8, 4) is 0 Å². The van der Waals surface area contributed by atoms with Gasteiger partial charge in [-0.25, -0.2) is 9.59 Å². The van der Waals surface area contributed by atoms with E-state index in [0.717, 1.165) is 17.0 Å². The molecule has 0 aliphatic carbocycles. The minimum Gasteiger partial charge on any atom is -0.480 e. The van der Waals surface area contributed by atoms with Gasteiger partial charge in [0.2, 0.25) is 0 Å². The first-order chi connectivity index (χ1) is 10.6. The number of alkyl halides is 3. The summed E-state index contributed by atoms with van der Waals surface area (Å²) in [6.45, 7) is -0.220. The van der Waals surface area contributed by atoms with Gasteiger partial charge in [0.25, 0.3) is 0 Å². The second-order valence-electron chi connectivity index (χ2n) is 5.02. The molecule has 0 spiro atoms. The quantitative estimate of drug-likeness (QED) is 0.762. The molecule has 2 atom stereocenters. The van der Waals surface area contributed by atoms with Crippen LogP contribution in [0.3, 0.4) is 0 Å². The number of aliphatic hydroxyl groups excluding tert-OH is 1. The Kier molecular flexibility index (Phi) is 4.71. The Labute approximate surface area is 133 Å². The van der Waals surface area contributed by atoms with Crippen LogP contribution in [-0.4, -0.2) is 45.8 Å². The molecule has 10 heteroatoms. The third-order valence-corrected chi connectivity index (χ3v) is 3.68. The molecular weight excluding hydrogens is 341 g/mol. The van der Waals surface area contributed by atoms with E-state index in [4.69, 9.17) is 16.7 Å². The van der Waals surface area contributed by atoms with Gasteiger partial charge in [0.1, 0.15) is 6.04 Å². The number of nitrogens with one attached hydrogen (secondary N) is 1. The molecule has 126 valence electrons. The average Bonchev–Trinajstić information content (AvgIpc) is 2.82. The summed E-state index contributed by atoms with van der Waals surface area (Å²) in [6, 6.07) is 0.650. The number of urea groups is 1. The molecule has 1 saturated heterocycles. The van der Waals surface area contributed by atoms with Crippen molar-refractivity contribution in [2.24, 2.45) is 0 Å². The fourth-order valence-corrected chi connectivity index (χ4v) is 2.51. The number of β-amino-alcohol motifs (C(OH)–C–C–N with tert-alkyl or cyclic N) is 1. The summed E-state index contributed by atoms with van der Waals surface area (Å²) in [5, 5.41) is 20.1. The van der Waals surface area contributed by atoms with E-state index in [1.807, 2.05) is 0 Å². The molecule has 23 heavy (non-hydrogen) atoms. The number of carbonyl (C=O) groups excluding carboxylic acids is 1. The van der Waals surface area contributed by atoms with Crippen LogP contribution in [-0.2, 0) is 11.0 Å². The highest BCUT2D eigenvalue weighted by Crippen LogP contribution is 2.36. The number of hydrogen-bond donors (Lipinski definition) is 3. The number of halogens is 4. The number of rotatable bonds is 2. The molecule has 1 aliphatic heterocycles. The maximum atomic E-state index is 12.8. The van der Waals surface area contributed by atoms with Crippen molar-refractivity contribution in [1.29, 1.82) is 0 Å². The van der Waals surface area contributed by atoms with Crippen molar-refractivity contribution in [3.63, 3.8) is 0 Å². The zero-order valence-corrected chi connectivity index (χ0v) is 12.2. The molecule has 1 heterocycles. The van der Waals surface area contributed by atoms with Crippen LogP contribution in [0.1, 0.15) is 12.0 Å². The molecule has 1 aliphatic rings. The first-order valence-corrected chi connectivity index (χ1v) is 6.82. The molecule has 0 saturated carbocycles. The Morgan fingerprint density at radius 1 is 1.35 bits per heavy atom. The third kappa shape index (κ3) is 3.85. The predicted molar refractivity (Wildman–Crippen MR) is 74.2 cm³/mol. The molecule has 1 aromatic rings. The van der Waals surface area contributed by atoms with E-state index in [0.29, 0.717) is 6.07 Å². The van der Waals surface area contributed by atoms with Gasteiger partial charge in [-0.1, -0.05) is 11.6 Å². The van der Waals surface area contributed by atoms with E-state index < -0.39 is 40.9 Å². The Hall–Kier alpha value is -2.00. The van der Waals surface area contributed by atoms with Gasteiger partial charge in [-0.3, -0.25) is 0 Å². The number of aliphatic hydroxyl groups is 1. The van der Waals surface area contributed by atoms with Gasteiger partial charge in [-0.05, 0) is 18.2 Å². The average molecular weight is 353 g/mol. The molecule has 2 amide bonds. The van der Waals surface area contributed by atoms with Gasteiger partial charge in [-0.2, -0.15) is 13.2 Å². The van der Waals surface area contributed by atoms with Crippen LogP contribution >= 0.6 is 11.6 Å². The second kappa shape index (κ2) is 6.25. The Bertz CT molecular complexity index is 638. The molecule has 0 bridgehead atoms. The van der Waals surface area contributed by atoms with Gasteiger partial charge in [0, 0.05) is 18.7 Å². The maximum Gasteiger partial charge on any atom is 0.417 e. The SMILES string of the molecule is O=C(O)C1CC(O)CN1C(=O)Nc1ccc(Cl)c(C(F)(F)F)c1. The Balaban J connectivity index is 2.19. The van der Waals surface area contributed by atoms with Crippen LogP contribution in [0.4, 0.5) is 23.7 Å². The summed E-state index contributed by atoms with van der Waals surface area (Å²) in [4.78, 5) is 23.9. The Morgan fingerprint density at radius 3 is 2.57 bits per heavy atom. The molecule has 3 N–H and O–H groups in total. The number of benzene rings is 1. The first-order valence-electron chi connectivity index (χ1n) is 6.45. The summed E-state index contributed by atoms with van der Waals surface area (Å²) >= 11 is 5.47. The zero-order valence-electron chi connectivity index (χ0n) is 11.5. The lowest BCUT2D eigenvalue weighted by Gasteiger charge is -2.22. The van der Waals surface area contributed by atoms with Gasteiger partial charge >= 0.3 is 18.2 Å². The predicted octanol–water partition coefficient (Wildman–Crippen LogP) is 2.41. The lowest BCUT2D eigenvalue weighted by Crippen LogP contribution is -2.43. The normalized spacial score (nSPS) is 21.3. The van der Waals surface area contributed by atoms with Crippen LogP contribution in [0.25, 0.3) is 0 Å². The summed E-state index contributed by atoms with van der Waals surface area (Å²) < 4.78 is 38.3. The summed E-state index contributed by atoms with van der Waals surface area (Å²) in [5.41, 5.74) is -1.30. The number of hydrogen-bond acceptors (Lipinski definition) is 3. The van der Waals surface area contributed by atoms with Crippen molar-refractivity contribution in [3.05, 3.63) is 28.8 Å².